The van der Waals surface area contributed by atoms with E-state index in [1.54, 1.807) is 19.2 Å². The number of likely N-dealkylation sites (N-methyl/N-ethyl adjacent to an activating group) is 1. The van der Waals surface area contributed by atoms with Gasteiger partial charge < -0.3 is 10.2 Å². The predicted octanol–water partition coefficient (Wildman–Crippen LogP) is 1.44. The third-order valence-electron chi connectivity index (χ3n) is 2.27. The van der Waals surface area contributed by atoms with Crippen molar-refractivity contribution in [3.05, 3.63) is 28.5 Å². The SMILES string of the molecule is CCCNC(=O)CN(C)C(=O)c1ccc(Br)nc1. The summed E-state index contributed by atoms with van der Waals surface area (Å²) in [4.78, 5) is 28.8. The van der Waals surface area contributed by atoms with E-state index in [9.17, 15) is 9.59 Å². The van der Waals surface area contributed by atoms with Gasteiger partial charge in [0.1, 0.15) is 4.60 Å². The van der Waals surface area contributed by atoms with Gasteiger partial charge in [0.05, 0.1) is 12.1 Å². The quantitative estimate of drug-likeness (QED) is 0.837. The van der Waals surface area contributed by atoms with Crippen LogP contribution in [0.4, 0.5) is 0 Å². The first kappa shape index (κ1) is 14.6. The van der Waals surface area contributed by atoms with Crippen LogP contribution in [-0.4, -0.2) is 41.8 Å². The van der Waals surface area contributed by atoms with Gasteiger partial charge in [0.25, 0.3) is 5.91 Å². The van der Waals surface area contributed by atoms with Crippen molar-refractivity contribution >= 4 is 27.7 Å². The first-order valence-corrected chi connectivity index (χ1v) is 6.47. The average molecular weight is 314 g/mol. The molecule has 98 valence electrons. The van der Waals surface area contributed by atoms with Crippen molar-refractivity contribution in [2.24, 2.45) is 0 Å². The van der Waals surface area contributed by atoms with Crippen molar-refractivity contribution in [3.8, 4) is 0 Å². The van der Waals surface area contributed by atoms with Crippen LogP contribution in [0.2, 0.25) is 0 Å². The Bertz CT molecular complexity index is 420. The summed E-state index contributed by atoms with van der Waals surface area (Å²) in [5.74, 6) is -0.376. The highest BCUT2D eigenvalue weighted by molar-refractivity contribution is 9.10. The van der Waals surface area contributed by atoms with E-state index in [4.69, 9.17) is 0 Å². The van der Waals surface area contributed by atoms with Gasteiger partial charge >= 0.3 is 0 Å². The Hall–Kier alpha value is -1.43. The van der Waals surface area contributed by atoms with Gasteiger partial charge in [-0.05, 0) is 34.5 Å². The zero-order valence-corrected chi connectivity index (χ0v) is 12.0. The van der Waals surface area contributed by atoms with Gasteiger partial charge in [-0.25, -0.2) is 4.98 Å². The van der Waals surface area contributed by atoms with Crippen LogP contribution in [0.3, 0.4) is 0 Å². The molecule has 5 nitrogen and oxygen atoms in total. The Morgan fingerprint density at radius 1 is 1.44 bits per heavy atom. The molecule has 0 aliphatic heterocycles. The van der Waals surface area contributed by atoms with Gasteiger partial charge in [-0.15, -0.1) is 0 Å². The summed E-state index contributed by atoms with van der Waals surface area (Å²) in [6, 6.07) is 3.36. The fourth-order valence-electron chi connectivity index (χ4n) is 1.33. The van der Waals surface area contributed by atoms with Gasteiger partial charge in [-0.2, -0.15) is 0 Å². The summed E-state index contributed by atoms with van der Waals surface area (Å²) in [5.41, 5.74) is 0.462. The molecule has 0 atom stereocenters. The zero-order valence-electron chi connectivity index (χ0n) is 10.4. The average Bonchev–Trinajstić information content (AvgIpc) is 2.36. The smallest absolute Gasteiger partial charge is 0.255 e. The van der Waals surface area contributed by atoms with E-state index in [1.807, 2.05) is 6.92 Å². The molecule has 0 fully saturated rings. The van der Waals surface area contributed by atoms with E-state index >= 15 is 0 Å². The van der Waals surface area contributed by atoms with E-state index in [-0.39, 0.29) is 18.4 Å². The van der Waals surface area contributed by atoms with E-state index in [0.717, 1.165) is 6.42 Å². The Morgan fingerprint density at radius 2 is 2.17 bits per heavy atom. The maximum atomic E-state index is 12.0. The second-order valence-corrected chi connectivity index (χ2v) is 4.69. The molecule has 0 aromatic carbocycles. The molecule has 1 N–H and O–H groups in total. The molecule has 1 aromatic rings. The molecule has 1 aromatic heterocycles. The molecule has 0 radical (unpaired) electrons. The fourth-order valence-corrected chi connectivity index (χ4v) is 1.56. The summed E-state index contributed by atoms with van der Waals surface area (Å²) in [6.07, 6.45) is 2.35. The molecule has 6 heteroatoms. The van der Waals surface area contributed by atoms with E-state index < -0.39 is 0 Å². The summed E-state index contributed by atoms with van der Waals surface area (Å²) in [5, 5.41) is 2.72. The van der Waals surface area contributed by atoms with Gasteiger partial charge in [-0.3, -0.25) is 9.59 Å². The lowest BCUT2D eigenvalue weighted by molar-refractivity contribution is -0.121. The van der Waals surface area contributed by atoms with Gasteiger partial charge in [0, 0.05) is 19.8 Å². The lowest BCUT2D eigenvalue weighted by Crippen LogP contribution is -2.38. The molecule has 0 spiro atoms. The van der Waals surface area contributed by atoms with E-state index in [1.165, 1.54) is 11.1 Å². The molecule has 1 rings (SSSR count). The van der Waals surface area contributed by atoms with Crippen molar-refractivity contribution < 1.29 is 9.59 Å². The number of hydrogen-bond donors (Lipinski definition) is 1. The summed E-state index contributed by atoms with van der Waals surface area (Å²) < 4.78 is 0.669. The Labute approximate surface area is 115 Å². The second kappa shape index (κ2) is 7.10. The van der Waals surface area contributed by atoms with Crippen LogP contribution in [0.15, 0.2) is 22.9 Å². The Balaban J connectivity index is 2.56. The molecule has 0 aliphatic carbocycles. The minimum atomic E-state index is -0.221. The number of amides is 2. The van der Waals surface area contributed by atoms with Crippen LogP contribution in [0.1, 0.15) is 23.7 Å². The second-order valence-electron chi connectivity index (χ2n) is 3.88. The largest absolute Gasteiger partial charge is 0.355 e. The molecular weight excluding hydrogens is 298 g/mol. The molecule has 0 saturated carbocycles. The number of hydrogen-bond acceptors (Lipinski definition) is 3. The minimum Gasteiger partial charge on any atom is -0.355 e. The number of rotatable bonds is 5. The molecular formula is C12H16BrN3O2. The molecule has 0 unspecified atom stereocenters. The topological polar surface area (TPSA) is 62.3 Å². The predicted molar refractivity (Wildman–Crippen MR) is 72.2 cm³/mol. The molecule has 18 heavy (non-hydrogen) atoms. The first-order valence-electron chi connectivity index (χ1n) is 5.68. The Kier molecular flexibility index (Phi) is 5.77. The maximum Gasteiger partial charge on any atom is 0.255 e. The maximum absolute atomic E-state index is 12.0. The van der Waals surface area contributed by atoms with Crippen LogP contribution in [0.5, 0.6) is 0 Å². The third kappa shape index (κ3) is 4.44. The lowest BCUT2D eigenvalue weighted by Gasteiger charge is -2.16. The number of carbonyl (C=O) groups is 2. The van der Waals surface area contributed by atoms with Gasteiger partial charge in [0.2, 0.25) is 5.91 Å². The van der Waals surface area contributed by atoms with Crippen molar-refractivity contribution in [3.63, 3.8) is 0 Å². The van der Waals surface area contributed by atoms with Gasteiger partial charge in [0.15, 0.2) is 0 Å². The first-order chi connectivity index (χ1) is 8.54. The standard InChI is InChI=1S/C12H16BrN3O2/c1-3-6-14-11(17)8-16(2)12(18)9-4-5-10(13)15-7-9/h4-5,7H,3,6,8H2,1-2H3,(H,14,17). The molecule has 1 heterocycles. The van der Waals surface area contributed by atoms with Crippen molar-refractivity contribution in [2.75, 3.05) is 20.1 Å². The third-order valence-corrected chi connectivity index (χ3v) is 2.74. The van der Waals surface area contributed by atoms with Crippen molar-refractivity contribution in [2.45, 2.75) is 13.3 Å². The van der Waals surface area contributed by atoms with E-state index in [2.05, 4.69) is 26.2 Å². The van der Waals surface area contributed by atoms with Crippen LogP contribution in [0.25, 0.3) is 0 Å². The molecule has 2 amide bonds. The number of carbonyl (C=O) groups excluding carboxylic acids is 2. The number of pyridine rings is 1. The number of nitrogens with zero attached hydrogens (tertiary/aromatic N) is 2. The minimum absolute atomic E-state index is 0.0505. The molecule has 0 aliphatic rings. The number of nitrogens with one attached hydrogen (secondary N) is 1. The van der Waals surface area contributed by atoms with Crippen LogP contribution >= 0.6 is 15.9 Å². The Morgan fingerprint density at radius 3 is 2.72 bits per heavy atom. The number of halogens is 1. The van der Waals surface area contributed by atoms with Crippen LogP contribution in [-0.2, 0) is 4.79 Å². The van der Waals surface area contributed by atoms with Gasteiger partial charge in [-0.1, -0.05) is 6.92 Å². The van der Waals surface area contributed by atoms with Crippen molar-refractivity contribution in [1.82, 2.24) is 15.2 Å². The fraction of sp³-hybridized carbons (Fsp3) is 0.417. The molecule has 0 bridgehead atoms. The number of aromatic nitrogens is 1. The highest BCUT2D eigenvalue weighted by Gasteiger charge is 2.14. The highest BCUT2D eigenvalue weighted by Crippen LogP contribution is 2.08. The zero-order chi connectivity index (χ0) is 13.5. The lowest BCUT2D eigenvalue weighted by atomic mass is 10.2. The normalized spacial score (nSPS) is 9.94. The van der Waals surface area contributed by atoms with E-state index in [0.29, 0.717) is 16.7 Å². The monoisotopic (exact) mass is 313 g/mol. The highest BCUT2D eigenvalue weighted by atomic mass is 79.9. The van der Waals surface area contributed by atoms with Crippen molar-refractivity contribution in [1.29, 1.82) is 0 Å². The van der Waals surface area contributed by atoms with Crippen LogP contribution in [0, 0.1) is 0 Å². The summed E-state index contributed by atoms with van der Waals surface area (Å²) in [6.45, 7) is 2.65. The summed E-state index contributed by atoms with van der Waals surface area (Å²) >= 11 is 3.20. The molecule has 0 saturated heterocycles. The summed E-state index contributed by atoms with van der Waals surface area (Å²) in [7, 11) is 1.59. The van der Waals surface area contributed by atoms with Crippen LogP contribution < -0.4 is 5.32 Å².